The number of fused-ring (bicyclic) bond motifs is 1. The van der Waals surface area contributed by atoms with Crippen molar-refractivity contribution >= 4 is 40.2 Å². The van der Waals surface area contributed by atoms with E-state index in [1.165, 1.54) is 0 Å². The Kier molecular flexibility index (Phi) is 5.30. The van der Waals surface area contributed by atoms with E-state index in [0.717, 1.165) is 26.9 Å². The van der Waals surface area contributed by atoms with Gasteiger partial charge >= 0.3 is 5.97 Å². The first-order chi connectivity index (χ1) is 12.0. The number of nitrogens with zero attached hydrogens (tertiary/aromatic N) is 1. The van der Waals surface area contributed by atoms with E-state index in [2.05, 4.69) is 4.98 Å². The topological polar surface area (TPSA) is 39.2 Å². The maximum Gasteiger partial charge on any atom is 0.338 e. The van der Waals surface area contributed by atoms with E-state index >= 15 is 0 Å². The third kappa shape index (κ3) is 3.80. The van der Waals surface area contributed by atoms with Crippen molar-refractivity contribution in [3.63, 3.8) is 0 Å². The van der Waals surface area contributed by atoms with Crippen LogP contribution in [0.3, 0.4) is 0 Å². The number of ether oxygens (including phenoxy) is 1. The van der Waals surface area contributed by atoms with Crippen LogP contribution in [0.1, 0.15) is 27.0 Å². The van der Waals surface area contributed by atoms with Gasteiger partial charge in [0.2, 0.25) is 0 Å². The summed E-state index contributed by atoms with van der Waals surface area (Å²) in [5, 5.41) is 1.33. The lowest BCUT2D eigenvalue weighted by Crippen LogP contribution is -2.08. The minimum Gasteiger partial charge on any atom is -0.457 e. The summed E-state index contributed by atoms with van der Waals surface area (Å²) in [6.45, 7) is 3.98. The first-order valence-electron chi connectivity index (χ1n) is 7.86. The molecular formula is C20H18ClNO2S. The zero-order valence-electron chi connectivity index (χ0n) is 14.3. The lowest BCUT2D eigenvalue weighted by atomic mass is 10.0. The van der Waals surface area contributed by atoms with Gasteiger partial charge in [0.05, 0.1) is 11.1 Å². The second kappa shape index (κ2) is 7.46. The van der Waals surface area contributed by atoms with E-state index in [9.17, 15) is 4.79 Å². The zero-order valence-corrected chi connectivity index (χ0v) is 15.9. The predicted molar refractivity (Wildman–Crippen MR) is 104 cm³/mol. The number of pyridine rings is 1. The number of aryl methyl sites for hydroxylation is 1. The summed E-state index contributed by atoms with van der Waals surface area (Å²) in [5.74, 6) is -0.352. The number of carbonyl (C=O) groups excluding carboxylic acids is 1. The molecule has 0 spiro atoms. The number of aromatic nitrogens is 1. The predicted octanol–water partition coefficient (Wildman–Crippen LogP) is 5.58. The van der Waals surface area contributed by atoms with Crippen molar-refractivity contribution in [1.29, 1.82) is 0 Å². The average Bonchev–Trinajstić information content (AvgIpc) is 2.61. The number of hydrogen-bond acceptors (Lipinski definition) is 4. The summed E-state index contributed by atoms with van der Waals surface area (Å²) in [6.07, 6.45) is 2.02. The lowest BCUT2D eigenvalue weighted by Gasteiger charge is -2.10. The molecule has 0 aliphatic rings. The van der Waals surface area contributed by atoms with Crippen LogP contribution in [0.5, 0.6) is 0 Å². The Morgan fingerprint density at radius 1 is 1.20 bits per heavy atom. The molecule has 3 aromatic rings. The Bertz CT molecular complexity index is 956. The SMILES string of the molecule is CSc1ccc2cc(COC(=O)c3cccc(C)c3C)c(Cl)nc2c1. The minimum atomic E-state index is -0.352. The van der Waals surface area contributed by atoms with Gasteiger partial charge in [0, 0.05) is 15.8 Å². The highest BCUT2D eigenvalue weighted by Gasteiger charge is 2.13. The molecule has 0 unspecified atom stereocenters. The van der Waals surface area contributed by atoms with Crippen LogP contribution in [0.25, 0.3) is 10.9 Å². The standard InChI is InChI=1S/C20H18ClNO2S/c1-12-5-4-6-17(13(12)2)20(23)24-11-15-9-14-7-8-16(25-3)10-18(14)22-19(15)21/h4-10H,11H2,1-3H3. The highest BCUT2D eigenvalue weighted by atomic mass is 35.5. The highest BCUT2D eigenvalue weighted by Crippen LogP contribution is 2.25. The van der Waals surface area contributed by atoms with Gasteiger partial charge in [-0.15, -0.1) is 11.8 Å². The van der Waals surface area contributed by atoms with Gasteiger partial charge in [-0.25, -0.2) is 9.78 Å². The fraction of sp³-hybridized carbons (Fsp3) is 0.200. The number of halogens is 1. The third-order valence-corrected chi connectivity index (χ3v) is 5.29. The molecule has 0 saturated heterocycles. The smallest absolute Gasteiger partial charge is 0.338 e. The van der Waals surface area contributed by atoms with Crippen molar-refractivity contribution < 1.29 is 9.53 Å². The van der Waals surface area contributed by atoms with Crippen molar-refractivity contribution in [2.45, 2.75) is 25.3 Å². The molecule has 3 rings (SSSR count). The number of rotatable bonds is 4. The molecule has 25 heavy (non-hydrogen) atoms. The molecular weight excluding hydrogens is 354 g/mol. The number of hydrogen-bond donors (Lipinski definition) is 0. The Morgan fingerprint density at radius 2 is 2.00 bits per heavy atom. The number of benzene rings is 2. The maximum atomic E-state index is 12.4. The molecule has 2 aromatic carbocycles. The number of thioether (sulfide) groups is 1. The molecule has 0 saturated carbocycles. The summed E-state index contributed by atoms with van der Waals surface area (Å²) in [7, 11) is 0. The van der Waals surface area contributed by atoms with E-state index in [0.29, 0.717) is 16.3 Å². The molecule has 0 radical (unpaired) electrons. The highest BCUT2D eigenvalue weighted by molar-refractivity contribution is 7.98. The monoisotopic (exact) mass is 371 g/mol. The van der Waals surface area contributed by atoms with Crippen LogP contribution < -0.4 is 0 Å². The van der Waals surface area contributed by atoms with Crippen LogP contribution in [0.15, 0.2) is 47.4 Å². The second-order valence-corrected chi connectivity index (χ2v) is 7.06. The molecule has 0 bridgehead atoms. The van der Waals surface area contributed by atoms with Crippen LogP contribution in [0, 0.1) is 13.8 Å². The fourth-order valence-electron chi connectivity index (χ4n) is 2.59. The van der Waals surface area contributed by atoms with Gasteiger partial charge in [-0.2, -0.15) is 0 Å². The van der Waals surface area contributed by atoms with E-state index in [4.69, 9.17) is 16.3 Å². The summed E-state index contributed by atoms with van der Waals surface area (Å²) < 4.78 is 5.46. The van der Waals surface area contributed by atoms with E-state index in [-0.39, 0.29) is 12.6 Å². The largest absolute Gasteiger partial charge is 0.457 e. The van der Waals surface area contributed by atoms with Gasteiger partial charge < -0.3 is 4.74 Å². The summed E-state index contributed by atoms with van der Waals surface area (Å²) in [6, 6.07) is 13.6. The van der Waals surface area contributed by atoms with Crippen LogP contribution in [-0.4, -0.2) is 17.2 Å². The quantitative estimate of drug-likeness (QED) is 0.340. The van der Waals surface area contributed by atoms with Gasteiger partial charge in [-0.3, -0.25) is 0 Å². The van der Waals surface area contributed by atoms with Crippen LogP contribution in [-0.2, 0) is 11.3 Å². The van der Waals surface area contributed by atoms with E-state index < -0.39 is 0 Å². The molecule has 0 amide bonds. The summed E-state index contributed by atoms with van der Waals surface area (Å²) in [4.78, 5) is 17.9. The third-order valence-electron chi connectivity index (χ3n) is 4.23. The Balaban J connectivity index is 1.82. The van der Waals surface area contributed by atoms with Crippen molar-refractivity contribution in [2.24, 2.45) is 0 Å². The molecule has 0 atom stereocenters. The molecule has 0 N–H and O–H groups in total. The molecule has 0 aliphatic heterocycles. The Morgan fingerprint density at radius 3 is 2.76 bits per heavy atom. The maximum absolute atomic E-state index is 12.4. The van der Waals surface area contributed by atoms with Gasteiger partial charge in [0.1, 0.15) is 11.8 Å². The van der Waals surface area contributed by atoms with Crippen LogP contribution in [0.4, 0.5) is 0 Å². The second-order valence-electron chi connectivity index (χ2n) is 5.82. The van der Waals surface area contributed by atoms with Crippen LogP contribution >= 0.6 is 23.4 Å². The Labute approximate surface area is 156 Å². The fourth-order valence-corrected chi connectivity index (χ4v) is 3.22. The number of esters is 1. The lowest BCUT2D eigenvalue weighted by molar-refractivity contribution is 0.0471. The first-order valence-corrected chi connectivity index (χ1v) is 9.46. The number of carbonyl (C=O) groups is 1. The van der Waals surface area contributed by atoms with Gasteiger partial charge in [0.25, 0.3) is 0 Å². The van der Waals surface area contributed by atoms with Crippen molar-refractivity contribution in [1.82, 2.24) is 4.98 Å². The van der Waals surface area contributed by atoms with Gasteiger partial charge in [-0.1, -0.05) is 29.8 Å². The first kappa shape index (κ1) is 17.8. The minimum absolute atomic E-state index is 0.0955. The zero-order chi connectivity index (χ0) is 18.0. The van der Waals surface area contributed by atoms with Crippen LogP contribution in [0.2, 0.25) is 5.15 Å². The molecule has 128 valence electrons. The normalized spacial score (nSPS) is 10.9. The molecule has 5 heteroatoms. The molecule has 0 aliphatic carbocycles. The summed E-state index contributed by atoms with van der Waals surface area (Å²) in [5.41, 5.74) is 4.10. The van der Waals surface area contributed by atoms with E-state index in [1.54, 1.807) is 17.8 Å². The molecule has 1 heterocycles. The molecule has 1 aromatic heterocycles. The Hall–Kier alpha value is -2.04. The van der Waals surface area contributed by atoms with Gasteiger partial charge in [-0.05, 0) is 55.5 Å². The average molecular weight is 372 g/mol. The molecule has 0 fully saturated rings. The van der Waals surface area contributed by atoms with Crippen molar-refractivity contribution in [3.05, 3.63) is 69.9 Å². The van der Waals surface area contributed by atoms with Gasteiger partial charge in [0.15, 0.2) is 0 Å². The van der Waals surface area contributed by atoms with Crippen molar-refractivity contribution in [3.8, 4) is 0 Å². The van der Waals surface area contributed by atoms with Crippen molar-refractivity contribution in [2.75, 3.05) is 6.26 Å². The van der Waals surface area contributed by atoms with E-state index in [1.807, 2.05) is 56.5 Å². The summed E-state index contributed by atoms with van der Waals surface area (Å²) >= 11 is 7.93. The molecule has 3 nitrogen and oxygen atoms in total.